The first-order valence-electron chi connectivity index (χ1n) is 8.04. The Bertz CT molecular complexity index is 450. The number of hydrogen-bond donors (Lipinski definition) is 2. The fraction of sp³-hybridized carbons (Fsp3) is 0.611. The van der Waals surface area contributed by atoms with Crippen LogP contribution in [0.4, 0.5) is 0 Å². The number of amides is 1. The van der Waals surface area contributed by atoms with Crippen molar-refractivity contribution in [3.8, 4) is 0 Å². The van der Waals surface area contributed by atoms with E-state index in [9.17, 15) is 4.79 Å². The second-order valence-corrected chi connectivity index (χ2v) is 7.11. The molecule has 0 aromatic heterocycles. The summed E-state index contributed by atoms with van der Waals surface area (Å²) in [6.45, 7) is 7.61. The molecule has 2 rings (SSSR count). The largest absolute Gasteiger partial charge is 0.349 e. The molecule has 3 nitrogen and oxygen atoms in total. The highest BCUT2D eigenvalue weighted by molar-refractivity contribution is 5.85. The molecule has 124 valence electrons. The minimum absolute atomic E-state index is 0. The van der Waals surface area contributed by atoms with Gasteiger partial charge in [-0.25, -0.2) is 0 Å². The number of nitrogens with one attached hydrogen (secondary N) is 2. The Labute approximate surface area is 140 Å². The molecule has 1 amide bonds. The van der Waals surface area contributed by atoms with Crippen molar-refractivity contribution >= 4 is 18.3 Å². The predicted molar refractivity (Wildman–Crippen MR) is 94.3 cm³/mol. The summed E-state index contributed by atoms with van der Waals surface area (Å²) in [6, 6.07) is 10.8. The summed E-state index contributed by atoms with van der Waals surface area (Å²) in [5.74, 6) is 0.160. The molecule has 1 heterocycles. The Kier molecular flexibility index (Phi) is 7.37. The fourth-order valence-electron chi connectivity index (χ4n) is 2.99. The zero-order valence-electron chi connectivity index (χ0n) is 13.9. The summed E-state index contributed by atoms with van der Waals surface area (Å²) in [7, 11) is 0. The third-order valence-corrected chi connectivity index (χ3v) is 4.19. The van der Waals surface area contributed by atoms with Gasteiger partial charge in [-0.1, -0.05) is 51.1 Å². The van der Waals surface area contributed by atoms with Gasteiger partial charge in [0.1, 0.15) is 0 Å². The van der Waals surface area contributed by atoms with E-state index in [0.29, 0.717) is 12.5 Å². The lowest BCUT2D eigenvalue weighted by Crippen LogP contribution is -2.37. The van der Waals surface area contributed by atoms with Crippen LogP contribution in [0.25, 0.3) is 0 Å². The Morgan fingerprint density at radius 2 is 2.00 bits per heavy atom. The van der Waals surface area contributed by atoms with E-state index in [1.54, 1.807) is 0 Å². The summed E-state index contributed by atoms with van der Waals surface area (Å²) < 4.78 is 0. The highest BCUT2D eigenvalue weighted by Crippen LogP contribution is 2.32. The van der Waals surface area contributed by atoms with Crippen LogP contribution in [0.3, 0.4) is 0 Å². The van der Waals surface area contributed by atoms with Crippen LogP contribution >= 0.6 is 12.4 Å². The number of benzene rings is 1. The molecule has 2 unspecified atom stereocenters. The van der Waals surface area contributed by atoms with Gasteiger partial charge in [-0.05, 0) is 36.8 Å². The van der Waals surface area contributed by atoms with E-state index in [1.807, 2.05) is 18.2 Å². The molecule has 22 heavy (non-hydrogen) atoms. The van der Waals surface area contributed by atoms with Crippen LogP contribution in [-0.4, -0.2) is 18.5 Å². The van der Waals surface area contributed by atoms with E-state index >= 15 is 0 Å². The molecule has 1 aliphatic heterocycles. The first-order valence-corrected chi connectivity index (χ1v) is 8.04. The van der Waals surface area contributed by atoms with Crippen LogP contribution in [0.15, 0.2) is 30.3 Å². The molecule has 0 aliphatic carbocycles. The van der Waals surface area contributed by atoms with Crippen molar-refractivity contribution in [1.82, 2.24) is 10.6 Å². The molecule has 1 saturated heterocycles. The first-order chi connectivity index (χ1) is 9.97. The summed E-state index contributed by atoms with van der Waals surface area (Å²) >= 11 is 0. The molecule has 1 aromatic rings. The van der Waals surface area contributed by atoms with Crippen molar-refractivity contribution in [3.05, 3.63) is 35.9 Å². The van der Waals surface area contributed by atoms with Crippen molar-refractivity contribution in [2.45, 2.75) is 58.5 Å². The van der Waals surface area contributed by atoms with Gasteiger partial charge in [0.05, 0.1) is 6.04 Å². The molecular weight excluding hydrogens is 296 g/mol. The van der Waals surface area contributed by atoms with Crippen LogP contribution in [0.1, 0.15) is 58.1 Å². The molecule has 0 radical (unpaired) electrons. The SMILES string of the molecule is CC(C)(C)C(NC(=O)CCC1CCCN1)c1ccccc1.Cl. The van der Waals surface area contributed by atoms with Gasteiger partial charge >= 0.3 is 0 Å². The van der Waals surface area contributed by atoms with Gasteiger partial charge in [0.25, 0.3) is 0 Å². The van der Waals surface area contributed by atoms with Crippen LogP contribution in [0, 0.1) is 5.41 Å². The number of carbonyl (C=O) groups excluding carboxylic acids is 1. The highest BCUT2D eigenvalue weighted by atomic mass is 35.5. The van der Waals surface area contributed by atoms with Gasteiger partial charge in [0.2, 0.25) is 5.91 Å². The zero-order valence-corrected chi connectivity index (χ0v) is 14.7. The molecule has 0 spiro atoms. The standard InChI is InChI=1S/C18H28N2O.ClH/c1-18(2,3)17(14-8-5-4-6-9-14)20-16(21)12-11-15-10-7-13-19-15;/h4-6,8-9,15,17,19H,7,10-13H2,1-3H3,(H,20,21);1H. The Balaban J connectivity index is 0.00000242. The third-order valence-electron chi connectivity index (χ3n) is 4.19. The monoisotopic (exact) mass is 324 g/mol. The maximum Gasteiger partial charge on any atom is 0.220 e. The third kappa shape index (κ3) is 5.62. The average molecular weight is 325 g/mol. The summed E-state index contributed by atoms with van der Waals surface area (Å²) in [6.07, 6.45) is 3.99. The molecule has 0 saturated carbocycles. The van der Waals surface area contributed by atoms with Crippen LogP contribution in [0.5, 0.6) is 0 Å². The Morgan fingerprint density at radius 1 is 1.32 bits per heavy atom. The minimum Gasteiger partial charge on any atom is -0.349 e. The first kappa shape index (κ1) is 19.0. The van der Waals surface area contributed by atoms with E-state index in [1.165, 1.54) is 18.4 Å². The number of hydrogen-bond acceptors (Lipinski definition) is 2. The lowest BCUT2D eigenvalue weighted by Gasteiger charge is -2.32. The number of halogens is 1. The Morgan fingerprint density at radius 3 is 2.55 bits per heavy atom. The normalized spacial score (nSPS) is 19.3. The second-order valence-electron chi connectivity index (χ2n) is 7.11. The lowest BCUT2D eigenvalue weighted by atomic mass is 9.82. The molecule has 4 heteroatoms. The van der Waals surface area contributed by atoms with Crippen LogP contribution in [0.2, 0.25) is 0 Å². The molecule has 2 atom stereocenters. The van der Waals surface area contributed by atoms with E-state index in [4.69, 9.17) is 0 Å². The van der Waals surface area contributed by atoms with Gasteiger partial charge in [-0.3, -0.25) is 4.79 Å². The van der Waals surface area contributed by atoms with Crippen molar-refractivity contribution in [3.63, 3.8) is 0 Å². The molecule has 2 N–H and O–H groups in total. The average Bonchev–Trinajstić information content (AvgIpc) is 2.95. The summed E-state index contributed by atoms with van der Waals surface area (Å²) in [5.41, 5.74) is 1.18. The summed E-state index contributed by atoms with van der Waals surface area (Å²) in [5, 5.41) is 6.68. The second kappa shape index (κ2) is 8.54. The summed E-state index contributed by atoms with van der Waals surface area (Å²) in [4.78, 5) is 12.3. The van der Waals surface area contributed by atoms with Gasteiger partial charge in [-0.15, -0.1) is 12.4 Å². The maximum atomic E-state index is 12.3. The van der Waals surface area contributed by atoms with Gasteiger partial charge in [0.15, 0.2) is 0 Å². The van der Waals surface area contributed by atoms with Crippen molar-refractivity contribution in [1.29, 1.82) is 0 Å². The quantitative estimate of drug-likeness (QED) is 0.864. The van der Waals surface area contributed by atoms with Crippen molar-refractivity contribution in [2.24, 2.45) is 5.41 Å². The number of carbonyl (C=O) groups is 1. The van der Waals surface area contributed by atoms with Crippen molar-refractivity contribution < 1.29 is 4.79 Å². The zero-order chi connectivity index (χ0) is 15.3. The lowest BCUT2D eigenvalue weighted by molar-refractivity contribution is -0.122. The fourth-order valence-corrected chi connectivity index (χ4v) is 2.99. The molecular formula is C18H29ClN2O. The maximum absolute atomic E-state index is 12.3. The van der Waals surface area contributed by atoms with E-state index in [0.717, 1.165) is 13.0 Å². The van der Waals surface area contributed by atoms with E-state index < -0.39 is 0 Å². The van der Waals surface area contributed by atoms with Gasteiger partial charge in [-0.2, -0.15) is 0 Å². The smallest absolute Gasteiger partial charge is 0.220 e. The van der Waals surface area contributed by atoms with Crippen molar-refractivity contribution in [2.75, 3.05) is 6.54 Å². The van der Waals surface area contributed by atoms with Gasteiger partial charge in [0, 0.05) is 12.5 Å². The Hall–Kier alpha value is -1.06. The van der Waals surface area contributed by atoms with E-state index in [2.05, 4.69) is 43.5 Å². The topological polar surface area (TPSA) is 41.1 Å². The van der Waals surface area contributed by atoms with Gasteiger partial charge < -0.3 is 10.6 Å². The molecule has 1 aliphatic rings. The van der Waals surface area contributed by atoms with Crippen LogP contribution < -0.4 is 10.6 Å². The van der Waals surface area contributed by atoms with E-state index in [-0.39, 0.29) is 29.8 Å². The molecule has 0 bridgehead atoms. The predicted octanol–water partition coefficient (Wildman–Crippen LogP) is 3.84. The number of rotatable bonds is 5. The molecule has 1 fully saturated rings. The molecule has 1 aromatic carbocycles. The minimum atomic E-state index is 0. The van der Waals surface area contributed by atoms with Crippen LogP contribution in [-0.2, 0) is 4.79 Å². The highest BCUT2D eigenvalue weighted by Gasteiger charge is 2.27.